The number of benzene rings is 2. The molecule has 28 heavy (non-hydrogen) atoms. The largest absolute Gasteiger partial charge is 0.419 e. The van der Waals surface area contributed by atoms with Crippen LogP contribution in [0.2, 0.25) is 0 Å². The lowest BCUT2D eigenvalue weighted by Gasteiger charge is -2.31. The molecule has 1 atom stereocenters. The number of hydrogen-bond donors (Lipinski definition) is 1. The molecule has 0 unspecified atom stereocenters. The molecular weight excluding hydrogens is 378 g/mol. The zero-order valence-electron chi connectivity index (χ0n) is 15.9. The molecule has 1 aliphatic rings. The van der Waals surface area contributed by atoms with Crippen molar-refractivity contribution < 1.29 is 12.8 Å². The van der Waals surface area contributed by atoms with Gasteiger partial charge in [-0.15, -0.1) is 0 Å². The molecule has 0 bridgehead atoms. The summed E-state index contributed by atoms with van der Waals surface area (Å²) in [5, 5.41) is 0. The third-order valence-corrected chi connectivity index (χ3v) is 6.76. The van der Waals surface area contributed by atoms with Gasteiger partial charge < -0.3 is 4.42 Å². The van der Waals surface area contributed by atoms with Crippen molar-refractivity contribution in [3.63, 3.8) is 0 Å². The summed E-state index contributed by atoms with van der Waals surface area (Å²) >= 11 is 0. The zero-order chi connectivity index (χ0) is 19.9. The highest BCUT2D eigenvalue weighted by Crippen LogP contribution is 2.20. The van der Waals surface area contributed by atoms with E-state index in [1.165, 1.54) is 33.9 Å². The molecule has 148 valence electrons. The third-order valence-electron chi connectivity index (χ3n) is 5.17. The molecule has 7 nitrogen and oxygen atoms in total. The van der Waals surface area contributed by atoms with Gasteiger partial charge in [-0.25, -0.2) is 17.9 Å². The number of aromatic nitrogens is 1. The first-order chi connectivity index (χ1) is 13.3. The highest BCUT2D eigenvalue weighted by Gasteiger charge is 2.22. The molecule has 1 aliphatic heterocycles. The molecule has 0 fully saturated rings. The normalized spacial score (nSPS) is 16.2. The number of fused-ring (bicyclic) bond motifs is 2. The summed E-state index contributed by atoms with van der Waals surface area (Å²) in [5.41, 5.74) is 3.49. The van der Waals surface area contributed by atoms with E-state index in [-0.39, 0.29) is 10.9 Å². The molecule has 0 amide bonds. The number of nitrogens with one attached hydrogen (secondary N) is 1. The zero-order valence-corrected chi connectivity index (χ0v) is 16.7. The summed E-state index contributed by atoms with van der Waals surface area (Å²) in [5.74, 6) is -0.517. The molecule has 0 saturated carbocycles. The maximum Gasteiger partial charge on any atom is 0.419 e. The summed E-state index contributed by atoms with van der Waals surface area (Å²) in [7, 11) is -2.15. The number of nitrogens with zero attached hydrogens (tertiary/aromatic N) is 2. The van der Waals surface area contributed by atoms with Gasteiger partial charge >= 0.3 is 5.76 Å². The molecule has 8 heteroatoms. The lowest BCUT2D eigenvalue weighted by molar-refractivity contribution is 0.238. The summed E-state index contributed by atoms with van der Waals surface area (Å²) in [6.07, 6.45) is 0.973. The molecule has 0 radical (unpaired) electrons. The quantitative estimate of drug-likeness (QED) is 0.705. The van der Waals surface area contributed by atoms with Gasteiger partial charge in [0.25, 0.3) is 0 Å². The van der Waals surface area contributed by atoms with E-state index in [9.17, 15) is 13.2 Å². The predicted molar refractivity (Wildman–Crippen MR) is 107 cm³/mol. The van der Waals surface area contributed by atoms with Crippen molar-refractivity contribution in [2.24, 2.45) is 7.05 Å². The van der Waals surface area contributed by atoms with Crippen molar-refractivity contribution in [2.75, 3.05) is 13.1 Å². The van der Waals surface area contributed by atoms with Crippen LogP contribution in [0.4, 0.5) is 0 Å². The van der Waals surface area contributed by atoms with Gasteiger partial charge in [-0.1, -0.05) is 24.3 Å². The van der Waals surface area contributed by atoms with E-state index in [2.05, 4.69) is 27.8 Å². The highest BCUT2D eigenvalue weighted by atomic mass is 32.2. The Kier molecular flexibility index (Phi) is 4.86. The average molecular weight is 401 g/mol. The van der Waals surface area contributed by atoms with Crippen LogP contribution in [0.15, 0.2) is 56.6 Å². The molecule has 2 aromatic carbocycles. The van der Waals surface area contributed by atoms with Crippen LogP contribution in [0.3, 0.4) is 0 Å². The SMILES string of the molecule is C[C@H](CN1CCc2ccccc2C1)NS(=O)(=O)c1ccc2oc(=O)n(C)c2c1. The number of rotatable bonds is 5. The first-order valence-corrected chi connectivity index (χ1v) is 10.7. The van der Waals surface area contributed by atoms with Crippen molar-refractivity contribution in [1.29, 1.82) is 0 Å². The molecule has 4 rings (SSSR count). The Morgan fingerprint density at radius 1 is 1.18 bits per heavy atom. The fraction of sp³-hybridized carbons (Fsp3) is 0.350. The van der Waals surface area contributed by atoms with E-state index < -0.39 is 15.8 Å². The minimum atomic E-state index is -3.70. The maximum atomic E-state index is 12.8. The average Bonchev–Trinajstić information content (AvgIpc) is 2.95. The second-order valence-corrected chi connectivity index (χ2v) is 9.05. The van der Waals surface area contributed by atoms with E-state index in [4.69, 9.17) is 4.42 Å². The molecular formula is C20H23N3O4S. The van der Waals surface area contributed by atoms with E-state index >= 15 is 0 Å². The highest BCUT2D eigenvalue weighted by molar-refractivity contribution is 7.89. The van der Waals surface area contributed by atoms with Crippen molar-refractivity contribution in [1.82, 2.24) is 14.2 Å². The lowest BCUT2D eigenvalue weighted by Crippen LogP contribution is -2.43. The van der Waals surface area contributed by atoms with Crippen LogP contribution in [0.5, 0.6) is 0 Å². The van der Waals surface area contributed by atoms with Crippen molar-refractivity contribution in [3.8, 4) is 0 Å². The lowest BCUT2D eigenvalue weighted by atomic mass is 10.00. The van der Waals surface area contributed by atoms with E-state index in [1.54, 1.807) is 7.05 Å². The van der Waals surface area contributed by atoms with Crippen molar-refractivity contribution in [3.05, 3.63) is 64.1 Å². The Hall–Kier alpha value is -2.42. The number of sulfonamides is 1. The van der Waals surface area contributed by atoms with Gasteiger partial charge in [0.15, 0.2) is 5.58 Å². The number of aryl methyl sites for hydroxylation is 1. The van der Waals surface area contributed by atoms with Crippen LogP contribution < -0.4 is 10.5 Å². The van der Waals surface area contributed by atoms with Crippen LogP contribution in [0, 0.1) is 0 Å². The van der Waals surface area contributed by atoms with Gasteiger partial charge in [0, 0.05) is 32.7 Å². The van der Waals surface area contributed by atoms with E-state index in [1.807, 2.05) is 13.0 Å². The molecule has 2 heterocycles. The Bertz CT molecular complexity index is 1180. The molecule has 1 aromatic heterocycles. The van der Waals surface area contributed by atoms with Crippen LogP contribution in [-0.4, -0.2) is 37.0 Å². The Morgan fingerprint density at radius 3 is 2.71 bits per heavy atom. The first kappa shape index (κ1) is 18.9. The summed E-state index contributed by atoms with van der Waals surface area (Å²) in [6.45, 7) is 4.22. The molecule has 0 saturated heterocycles. The standard InChI is InChI=1S/C20H23N3O4S/c1-14(12-23-10-9-15-5-3-4-6-16(15)13-23)21-28(25,26)17-7-8-19-18(11-17)22(2)20(24)27-19/h3-8,11,14,21H,9-10,12-13H2,1-2H3/t14-/m1/s1. The van der Waals surface area contributed by atoms with Gasteiger partial charge in [-0.05, 0) is 42.7 Å². The minimum absolute atomic E-state index is 0.118. The second-order valence-electron chi connectivity index (χ2n) is 7.33. The van der Waals surface area contributed by atoms with E-state index in [0.717, 1.165) is 19.5 Å². The fourth-order valence-electron chi connectivity index (χ4n) is 3.74. The smallest absolute Gasteiger partial charge is 0.408 e. The fourth-order valence-corrected chi connectivity index (χ4v) is 5.00. The van der Waals surface area contributed by atoms with Crippen LogP contribution in [0.25, 0.3) is 11.1 Å². The van der Waals surface area contributed by atoms with E-state index in [0.29, 0.717) is 17.6 Å². The molecule has 3 aromatic rings. The topological polar surface area (TPSA) is 84.6 Å². The molecule has 1 N–H and O–H groups in total. The van der Waals surface area contributed by atoms with Gasteiger partial charge in [0.05, 0.1) is 10.4 Å². The maximum absolute atomic E-state index is 12.8. The van der Waals surface area contributed by atoms with Gasteiger partial charge in [-0.3, -0.25) is 9.47 Å². The number of oxazole rings is 1. The first-order valence-electron chi connectivity index (χ1n) is 9.24. The second kappa shape index (κ2) is 7.20. The Morgan fingerprint density at radius 2 is 1.93 bits per heavy atom. The van der Waals surface area contributed by atoms with Gasteiger partial charge in [0.2, 0.25) is 10.0 Å². The van der Waals surface area contributed by atoms with Crippen molar-refractivity contribution in [2.45, 2.75) is 30.8 Å². The molecule has 0 aliphatic carbocycles. The van der Waals surface area contributed by atoms with Crippen LogP contribution in [-0.2, 0) is 30.0 Å². The Balaban J connectivity index is 1.47. The monoisotopic (exact) mass is 401 g/mol. The summed E-state index contributed by atoms with van der Waals surface area (Å²) in [6, 6.07) is 12.5. The van der Waals surface area contributed by atoms with Crippen LogP contribution in [0.1, 0.15) is 18.1 Å². The molecule has 0 spiro atoms. The van der Waals surface area contributed by atoms with Crippen molar-refractivity contribution >= 4 is 21.1 Å². The Labute approximate surface area is 163 Å². The third kappa shape index (κ3) is 3.63. The van der Waals surface area contributed by atoms with Gasteiger partial charge in [0.1, 0.15) is 0 Å². The number of hydrogen-bond acceptors (Lipinski definition) is 5. The van der Waals surface area contributed by atoms with Gasteiger partial charge in [-0.2, -0.15) is 0 Å². The summed E-state index contributed by atoms with van der Waals surface area (Å²) < 4.78 is 34.7. The minimum Gasteiger partial charge on any atom is -0.408 e. The summed E-state index contributed by atoms with van der Waals surface area (Å²) in [4.78, 5) is 14.0. The predicted octanol–water partition coefficient (Wildman–Crippen LogP) is 1.86. The van der Waals surface area contributed by atoms with Crippen LogP contribution >= 0.6 is 0 Å².